The molecule has 3 N–H and O–H groups in total. The van der Waals surface area contributed by atoms with Crippen molar-refractivity contribution in [2.45, 2.75) is 13.1 Å². The zero-order valence-electron chi connectivity index (χ0n) is 17.9. The molecular weight excluding hydrogens is 412 g/mol. The van der Waals surface area contributed by atoms with Gasteiger partial charge in [-0.1, -0.05) is 30.3 Å². The predicted molar refractivity (Wildman–Crippen MR) is 127 cm³/mol. The van der Waals surface area contributed by atoms with Crippen LogP contribution in [-0.2, 0) is 20.1 Å². The first-order valence-electron chi connectivity index (χ1n) is 10.9. The molecular formula is C25H20N8. The van der Waals surface area contributed by atoms with Crippen molar-refractivity contribution in [3.05, 3.63) is 72.2 Å². The first kappa shape index (κ1) is 18.3. The van der Waals surface area contributed by atoms with E-state index in [0.29, 0.717) is 6.54 Å². The molecule has 0 saturated heterocycles. The van der Waals surface area contributed by atoms with Crippen molar-refractivity contribution >= 4 is 21.9 Å². The zero-order chi connectivity index (χ0) is 21.9. The van der Waals surface area contributed by atoms with Gasteiger partial charge in [-0.3, -0.25) is 14.8 Å². The van der Waals surface area contributed by atoms with Gasteiger partial charge in [0.15, 0.2) is 5.82 Å². The first-order valence-corrected chi connectivity index (χ1v) is 10.9. The van der Waals surface area contributed by atoms with Gasteiger partial charge in [0.2, 0.25) is 0 Å². The minimum Gasteiger partial charge on any atom is -0.337 e. The van der Waals surface area contributed by atoms with Crippen LogP contribution in [0.3, 0.4) is 0 Å². The summed E-state index contributed by atoms with van der Waals surface area (Å²) in [7, 11) is 1.97. The Kier molecular flexibility index (Phi) is 3.80. The number of fused-ring (bicyclic) bond motifs is 8. The van der Waals surface area contributed by atoms with Crippen molar-refractivity contribution in [2.75, 3.05) is 0 Å². The lowest BCUT2D eigenvalue weighted by molar-refractivity contribution is 0.627. The monoisotopic (exact) mass is 432 g/mol. The van der Waals surface area contributed by atoms with Gasteiger partial charge in [-0.25, -0.2) is 4.98 Å². The quantitative estimate of drug-likeness (QED) is 0.334. The third-order valence-corrected chi connectivity index (χ3v) is 6.38. The fraction of sp³-hybridized carbons (Fsp3) is 0.120. The lowest BCUT2D eigenvalue weighted by Gasteiger charge is -2.10. The van der Waals surface area contributed by atoms with Gasteiger partial charge in [0, 0.05) is 36.7 Å². The molecule has 1 aliphatic heterocycles. The Hall–Kier alpha value is -4.30. The molecule has 1 aliphatic rings. The Balaban J connectivity index is 1.53. The van der Waals surface area contributed by atoms with Crippen LogP contribution in [0.15, 0.2) is 60.9 Å². The second kappa shape index (κ2) is 6.85. The number of benzene rings is 2. The van der Waals surface area contributed by atoms with E-state index in [4.69, 9.17) is 9.97 Å². The molecule has 5 heterocycles. The molecule has 0 fully saturated rings. The first-order chi connectivity index (χ1) is 16.2. The van der Waals surface area contributed by atoms with Crippen LogP contribution in [0.1, 0.15) is 11.3 Å². The maximum absolute atomic E-state index is 4.98. The van der Waals surface area contributed by atoms with Crippen molar-refractivity contribution in [2.24, 2.45) is 7.05 Å². The van der Waals surface area contributed by atoms with Gasteiger partial charge in [-0.15, -0.1) is 0 Å². The molecule has 0 amide bonds. The lowest BCUT2D eigenvalue weighted by atomic mass is 10.0. The lowest BCUT2D eigenvalue weighted by Crippen LogP contribution is -2.16. The number of H-pyrrole nitrogens is 2. The fourth-order valence-corrected chi connectivity index (χ4v) is 4.68. The summed E-state index contributed by atoms with van der Waals surface area (Å²) in [5.41, 5.74) is 9.97. The molecule has 0 spiro atoms. The number of aryl methyl sites for hydroxylation is 1. The van der Waals surface area contributed by atoms with Gasteiger partial charge < -0.3 is 10.3 Å². The molecule has 0 atom stereocenters. The van der Waals surface area contributed by atoms with Crippen LogP contribution < -0.4 is 5.32 Å². The highest BCUT2D eigenvalue weighted by atomic mass is 15.3. The predicted octanol–water partition coefficient (Wildman–Crippen LogP) is 4.17. The Morgan fingerprint density at radius 3 is 2.85 bits per heavy atom. The Labute approximate surface area is 188 Å². The largest absolute Gasteiger partial charge is 0.337 e. The number of imidazole rings is 1. The second-order valence-electron chi connectivity index (χ2n) is 8.41. The van der Waals surface area contributed by atoms with Gasteiger partial charge in [0.05, 0.1) is 40.3 Å². The Morgan fingerprint density at radius 2 is 1.88 bits per heavy atom. The van der Waals surface area contributed by atoms with Crippen LogP contribution in [0, 0.1) is 0 Å². The number of hydrogen-bond donors (Lipinski definition) is 3. The molecule has 160 valence electrons. The van der Waals surface area contributed by atoms with Crippen LogP contribution in [0.2, 0.25) is 0 Å². The summed E-state index contributed by atoms with van der Waals surface area (Å²) >= 11 is 0. The minimum atomic E-state index is 0.684. The summed E-state index contributed by atoms with van der Waals surface area (Å²) in [5.74, 6) is 0.733. The third-order valence-electron chi connectivity index (χ3n) is 6.38. The van der Waals surface area contributed by atoms with E-state index in [1.807, 2.05) is 24.1 Å². The number of hydrogen-bond acceptors (Lipinski definition) is 5. The standard InChI is InChI=1S/C25H20N8/c1-33-22-13-26-10-14-4-2-5-15(8-14)16-6-3-7-19-23(16)30-25(29-19)24-17-9-20(18(22)11-28-33)27-12-21(17)31-32-24/h2-9,11-12,26H,10,13H2,1H3,(H,29,30)(H,31,32). The van der Waals surface area contributed by atoms with Crippen LogP contribution >= 0.6 is 0 Å². The summed E-state index contributed by atoms with van der Waals surface area (Å²) in [6.07, 6.45) is 3.70. The maximum atomic E-state index is 4.98. The smallest absolute Gasteiger partial charge is 0.159 e. The van der Waals surface area contributed by atoms with Crippen molar-refractivity contribution in [3.63, 3.8) is 0 Å². The molecule has 8 nitrogen and oxygen atoms in total. The summed E-state index contributed by atoms with van der Waals surface area (Å²) < 4.78 is 1.91. The Bertz CT molecular complexity index is 1670. The molecule has 0 radical (unpaired) electrons. The van der Waals surface area contributed by atoms with Crippen molar-refractivity contribution in [3.8, 4) is 33.9 Å². The Morgan fingerprint density at radius 1 is 0.939 bits per heavy atom. The van der Waals surface area contributed by atoms with Crippen LogP contribution in [0.5, 0.6) is 0 Å². The second-order valence-corrected chi connectivity index (χ2v) is 8.41. The van der Waals surface area contributed by atoms with Gasteiger partial charge >= 0.3 is 0 Å². The summed E-state index contributed by atoms with van der Waals surface area (Å²) in [4.78, 5) is 13.1. The van der Waals surface area contributed by atoms with E-state index in [1.165, 1.54) is 5.56 Å². The molecule has 2 aromatic carbocycles. The molecule has 4 aromatic heterocycles. The number of para-hydroxylation sites is 1. The number of nitrogens with zero attached hydrogens (tertiary/aromatic N) is 5. The third kappa shape index (κ3) is 2.81. The SMILES string of the molecule is Cn1ncc2c1CNCc1cccc(c1)-c1cccc3[nH]c(nc13)-c1n[nH]c3cnc-2cc13. The fourth-order valence-electron chi connectivity index (χ4n) is 4.68. The van der Waals surface area contributed by atoms with E-state index in [0.717, 1.165) is 68.1 Å². The van der Waals surface area contributed by atoms with Gasteiger partial charge in [-0.05, 0) is 29.3 Å². The molecule has 33 heavy (non-hydrogen) atoms. The molecule has 6 bridgehead atoms. The summed E-state index contributed by atoms with van der Waals surface area (Å²) in [6, 6.07) is 16.9. The van der Waals surface area contributed by atoms with Crippen LogP contribution in [0.4, 0.5) is 0 Å². The molecule has 8 heteroatoms. The zero-order valence-corrected chi connectivity index (χ0v) is 17.9. The summed E-state index contributed by atoms with van der Waals surface area (Å²) in [5, 5.41) is 16.7. The van der Waals surface area contributed by atoms with Gasteiger partial charge in [-0.2, -0.15) is 10.2 Å². The van der Waals surface area contributed by atoms with Gasteiger partial charge in [0.1, 0.15) is 5.69 Å². The van der Waals surface area contributed by atoms with Crippen molar-refractivity contribution < 1.29 is 0 Å². The van der Waals surface area contributed by atoms with Crippen molar-refractivity contribution in [1.29, 1.82) is 0 Å². The van der Waals surface area contributed by atoms with E-state index in [-0.39, 0.29) is 0 Å². The maximum Gasteiger partial charge on any atom is 0.159 e. The van der Waals surface area contributed by atoms with E-state index in [1.54, 1.807) is 0 Å². The highest BCUT2D eigenvalue weighted by molar-refractivity contribution is 5.97. The van der Waals surface area contributed by atoms with Gasteiger partial charge in [0.25, 0.3) is 0 Å². The van der Waals surface area contributed by atoms with E-state index in [9.17, 15) is 0 Å². The van der Waals surface area contributed by atoms with E-state index >= 15 is 0 Å². The molecule has 7 rings (SSSR count). The molecule has 6 aromatic rings. The van der Waals surface area contributed by atoms with E-state index < -0.39 is 0 Å². The minimum absolute atomic E-state index is 0.684. The molecule has 0 unspecified atom stereocenters. The molecule has 0 aliphatic carbocycles. The van der Waals surface area contributed by atoms with E-state index in [2.05, 4.69) is 74.1 Å². The highest BCUT2D eigenvalue weighted by Crippen LogP contribution is 2.33. The van der Waals surface area contributed by atoms with Crippen molar-refractivity contribution in [1.82, 2.24) is 40.2 Å². The average Bonchev–Trinajstić information content (AvgIpc) is 3.54. The topological polar surface area (TPSA) is 100 Å². The number of rotatable bonds is 0. The van der Waals surface area contributed by atoms with Crippen LogP contribution in [0.25, 0.3) is 55.8 Å². The highest BCUT2D eigenvalue weighted by Gasteiger charge is 2.18. The number of aromatic nitrogens is 7. The number of pyridine rings is 1. The summed E-state index contributed by atoms with van der Waals surface area (Å²) in [6.45, 7) is 1.43. The number of aromatic amines is 2. The number of nitrogens with one attached hydrogen (secondary N) is 3. The average molecular weight is 432 g/mol. The normalized spacial score (nSPS) is 13.2. The van der Waals surface area contributed by atoms with Crippen LogP contribution in [-0.4, -0.2) is 34.9 Å². The molecule has 0 saturated carbocycles.